The molecule has 1 amide bonds. The Hall–Kier alpha value is -2.70. The highest BCUT2D eigenvalue weighted by Crippen LogP contribution is 2.29. The Morgan fingerprint density at radius 2 is 2.00 bits per heavy atom. The van der Waals surface area contributed by atoms with Crippen molar-refractivity contribution in [3.8, 4) is 11.5 Å². The Bertz CT molecular complexity index is 658. The van der Waals surface area contributed by atoms with Gasteiger partial charge < -0.3 is 9.84 Å². The predicted octanol–water partition coefficient (Wildman–Crippen LogP) is 1.45. The zero-order valence-electron chi connectivity index (χ0n) is 11.3. The first-order valence-electron chi connectivity index (χ1n) is 5.88. The average Bonchev–Trinajstić information content (AvgIpc) is 2.43. The molecule has 0 radical (unpaired) electrons. The molecule has 0 atom stereocenters. The van der Waals surface area contributed by atoms with E-state index < -0.39 is 5.91 Å². The number of hydrogen-bond donors (Lipinski definition) is 2. The SMILES string of the molecule is COc1cccc(C(=O)Nc2nnc(C)c(C)n2)c1O. The van der Waals surface area contributed by atoms with Crippen LogP contribution in [0, 0.1) is 13.8 Å². The van der Waals surface area contributed by atoms with E-state index >= 15 is 0 Å². The summed E-state index contributed by atoms with van der Waals surface area (Å²) in [5, 5.41) is 20.0. The summed E-state index contributed by atoms with van der Waals surface area (Å²) in [4.78, 5) is 16.2. The van der Waals surface area contributed by atoms with Gasteiger partial charge in [0.1, 0.15) is 0 Å². The predicted molar refractivity (Wildman–Crippen MR) is 71.9 cm³/mol. The molecule has 2 rings (SSSR count). The molecule has 0 bridgehead atoms. The van der Waals surface area contributed by atoms with E-state index in [4.69, 9.17) is 4.74 Å². The number of benzene rings is 1. The molecule has 2 N–H and O–H groups in total. The average molecular weight is 274 g/mol. The summed E-state index contributed by atoms with van der Waals surface area (Å²) in [5.74, 6) is -0.465. The number of hydrogen-bond acceptors (Lipinski definition) is 6. The monoisotopic (exact) mass is 274 g/mol. The molecule has 7 heteroatoms. The van der Waals surface area contributed by atoms with Gasteiger partial charge in [-0.25, -0.2) is 4.98 Å². The topological polar surface area (TPSA) is 97.2 Å². The molecule has 0 spiro atoms. The third-order valence-corrected chi connectivity index (χ3v) is 2.78. The van der Waals surface area contributed by atoms with Gasteiger partial charge in [-0.1, -0.05) is 6.07 Å². The largest absolute Gasteiger partial charge is 0.504 e. The van der Waals surface area contributed by atoms with Crippen LogP contribution in [-0.2, 0) is 0 Å². The third kappa shape index (κ3) is 2.66. The zero-order valence-corrected chi connectivity index (χ0v) is 11.3. The van der Waals surface area contributed by atoms with E-state index in [1.165, 1.54) is 13.2 Å². The summed E-state index contributed by atoms with van der Waals surface area (Å²) in [5.41, 5.74) is 1.43. The first kappa shape index (κ1) is 13.7. The van der Waals surface area contributed by atoms with Crippen LogP contribution in [0.3, 0.4) is 0 Å². The van der Waals surface area contributed by atoms with Crippen molar-refractivity contribution in [3.05, 3.63) is 35.2 Å². The normalized spacial score (nSPS) is 10.2. The van der Waals surface area contributed by atoms with Crippen molar-refractivity contribution in [1.82, 2.24) is 15.2 Å². The number of rotatable bonds is 3. The van der Waals surface area contributed by atoms with Gasteiger partial charge in [0.25, 0.3) is 5.91 Å². The van der Waals surface area contributed by atoms with Crippen LogP contribution in [0.15, 0.2) is 18.2 Å². The fourth-order valence-electron chi connectivity index (χ4n) is 1.55. The number of phenols is 1. The van der Waals surface area contributed by atoms with Crippen LogP contribution in [0.2, 0.25) is 0 Å². The highest BCUT2D eigenvalue weighted by molar-refractivity contribution is 6.05. The number of aromatic nitrogens is 3. The molecule has 0 fully saturated rings. The Morgan fingerprint density at radius 1 is 1.25 bits per heavy atom. The second kappa shape index (κ2) is 5.52. The second-order valence-corrected chi connectivity index (χ2v) is 4.12. The van der Waals surface area contributed by atoms with Crippen molar-refractivity contribution < 1.29 is 14.6 Å². The quantitative estimate of drug-likeness (QED) is 0.879. The van der Waals surface area contributed by atoms with Crippen LogP contribution in [-0.4, -0.2) is 33.3 Å². The molecule has 20 heavy (non-hydrogen) atoms. The molecular formula is C13H14N4O3. The molecule has 2 aromatic rings. The summed E-state index contributed by atoms with van der Waals surface area (Å²) < 4.78 is 4.95. The van der Waals surface area contributed by atoms with Gasteiger partial charge in [-0.3, -0.25) is 10.1 Å². The number of phenolic OH excluding ortho intramolecular Hbond substituents is 1. The Balaban J connectivity index is 2.26. The lowest BCUT2D eigenvalue weighted by Crippen LogP contribution is -2.16. The minimum atomic E-state index is -0.536. The molecule has 0 aliphatic carbocycles. The summed E-state index contributed by atoms with van der Waals surface area (Å²) in [6.07, 6.45) is 0. The molecule has 0 aliphatic heterocycles. The number of carbonyl (C=O) groups excluding carboxylic acids is 1. The standard InChI is InChI=1S/C13H14N4O3/c1-7-8(2)16-17-13(14-7)15-12(19)9-5-4-6-10(20-3)11(9)18/h4-6,18H,1-3H3,(H,14,15,17,19). The number of carbonyl (C=O) groups is 1. The molecule has 0 saturated carbocycles. The maximum Gasteiger partial charge on any atom is 0.261 e. The molecule has 0 aliphatic rings. The van der Waals surface area contributed by atoms with Gasteiger partial charge in [-0.15, -0.1) is 5.10 Å². The summed E-state index contributed by atoms with van der Waals surface area (Å²) >= 11 is 0. The summed E-state index contributed by atoms with van der Waals surface area (Å²) in [7, 11) is 1.41. The number of nitrogens with one attached hydrogen (secondary N) is 1. The van der Waals surface area contributed by atoms with Crippen LogP contribution in [0.25, 0.3) is 0 Å². The van der Waals surface area contributed by atoms with Crippen LogP contribution < -0.4 is 10.1 Å². The lowest BCUT2D eigenvalue weighted by molar-refractivity contribution is 0.102. The van der Waals surface area contributed by atoms with Gasteiger partial charge in [-0.05, 0) is 26.0 Å². The van der Waals surface area contributed by atoms with E-state index in [0.717, 1.165) is 0 Å². The van der Waals surface area contributed by atoms with Gasteiger partial charge in [0.2, 0.25) is 5.95 Å². The molecule has 1 aromatic heterocycles. The first-order chi connectivity index (χ1) is 9.52. The number of ether oxygens (including phenoxy) is 1. The van der Waals surface area contributed by atoms with Gasteiger partial charge in [-0.2, -0.15) is 5.10 Å². The maximum absolute atomic E-state index is 12.1. The molecular weight excluding hydrogens is 260 g/mol. The number of aryl methyl sites for hydroxylation is 2. The Kier molecular flexibility index (Phi) is 3.79. The smallest absolute Gasteiger partial charge is 0.261 e. The van der Waals surface area contributed by atoms with Crippen LogP contribution in [0.4, 0.5) is 5.95 Å². The Morgan fingerprint density at radius 3 is 2.65 bits per heavy atom. The molecule has 0 unspecified atom stereocenters. The van der Waals surface area contributed by atoms with Gasteiger partial charge in [0, 0.05) is 0 Å². The van der Waals surface area contributed by atoms with Gasteiger partial charge >= 0.3 is 0 Å². The fraction of sp³-hybridized carbons (Fsp3) is 0.231. The van der Waals surface area contributed by atoms with Crippen molar-refractivity contribution >= 4 is 11.9 Å². The third-order valence-electron chi connectivity index (χ3n) is 2.78. The highest BCUT2D eigenvalue weighted by atomic mass is 16.5. The minimum absolute atomic E-state index is 0.0752. The Labute approximate surface area is 115 Å². The number of aromatic hydroxyl groups is 1. The van der Waals surface area contributed by atoms with Crippen molar-refractivity contribution in [2.75, 3.05) is 12.4 Å². The van der Waals surface area contributed by atoms with Crippen molar-refractivity contribution in [3.63, 3.8) is 0 Å². The number of nitrogens with zero attached hydrogens (tertiary/aromatic N) is 3. The van der Waals surface area contributed by atoms with E-state index in [1.807, 2.05) is 0 Å². The van der Waals surface area contributed by atoms with Crippen LogP contribution >= 0.6 is 0 Å². The van der Waals surface area contributed by atoms with Crippen molar-refractivity contribution in [2.24, 2.45) is 0 Å². The van der Waals surface area contributed by atoms with E-state index in [2.05, 4.69) is 20.5 Å². The van der Waals surface area contributed by atoms with Gasteiger partial charge in [0.15, 0.2) is 11.5 Å². The van der Waals surface area contributed by atoms with E-state index in [1.54, 1.807) is 26.0 Å². The highest BCUT2D eigenvalue weighted by Gasteiger charge is 2.16. The molecule has 0 saturated heterocycles. The van der Waals surface area contributed by atoms with Crippen LogP contribution in [0.1, 0.15) is 21.7 Å². The molecule has 1 heterocycles. The first-order valence-corrected chi connectivity index (χ1v) is 5.88. The van der Waals surface area contributed by atoms with E-state index in [-0.39, 0.29) is 23.0 Å². The fourth-order valence-corrected chi connectivity index (χ4v) is 1.55. The number of amides is 1. The zero-order chi connectivity index (χ0) is 14.7. The number of anilines is 1. The lowest BCUT2D eigenvalue weighted by Gasteiger charge is -2.08. The maximum atomic E-state index is 12.1. The minimum Gasteiger partial charge on any atom is -0.504 e. The van der Waals surface area contributed by atoms with Crippen molar-refractivity contribution in [2.45, 2.75) is 13.8 Å². The summed E-state index contributed by atoms with van der Waals surface area (Å²) in [6.45, 7) is 3.54. The lowest BCUT2D eigenvalue weighted by atomic mass is 10.1. The molecule has 7 nitrogen and oxygen atoms in total. The number of para-hydroxylation sites is 1. The van der Waals surface area contributed by atoms with Gasteiger partial charge in [0.05, 0.1) is 24.1 Å². The summed E-state index contributed by atoms with van der Waals surface area (Å²) in [6, 6.07) is 4.63. The van der Waals surface area contributed by atoms with Crippen molar-refractivity contribution in [1.29, 1.82) is 0 Å². The molecule has 104 valence electrons. The molecule has 1 aromatic carbocycles. The second-order valence-electron chi connectivity index (χ2n) is 4.12. The van der Waals surface area contributed by atoms with E-state index in [0.29, 0.717) is 11.4 Å². The number of methoxy groups -OCH3 is 1. The van der Waals surface area contributed by atoms with E-state index in [9.17, 15) is 9.90 Å². The van der Waals surface area contributed by atoms with Crippen LogP contribution in [0.5, 0.6) is 11.5 Å².